The number of benzene rings is 1. The number of hydrogen-bond donors (Lipinski definition) is 0. The second-order valence-corrected chi connectivity index (χ2v) is 7.91. The Kier molecular flexibility index (Phi) is 7.89. The zero-order chi connectivity index (χ0) is 20.6. The van der Waals surface area contributed by atoms with Crippen LogP contribution in [-0.2, 0) is 4.74 Å². The van der Waals surface area contributed by atoms with E-state index in [1.54, 1.807) is 4.90 Å². The van der Waals surface area contributed by atoms with Crippen LogP contribution < -0.4 is 4.74 Å². The second-order valence-electron chi connectivity index (χ2n) is 7.91. The summed E-state index contributed by atoms with van der Waals surface area (Å²) < 4.78 is 10.6. The van der Waals surface area contributed by atoms with Crippen LogP contribution in [0.15, 0.2) is 24.3 Å². The summed E-state index contributed by atoms with van der Waals surface area (Å²) in [7, 11) is 1.39. The van der Waals surface area contributed by atoms with Crippen molar-refractivity contribution in [3.63, 3.8) is 0 Å². The maximum absolute atomic E-state index is 12.5. The monoisotopic (exact) mass is 403 g/mol. The Morgan fingerprint density at radius 2 is 1.79 bits per heavy atom. The number of Topliss-reactive ketones (excluding diaryl/α,β-unsaturated/α-hetero) is 1. The molecule has 1 amide bonds. The van der Waals surface area contributed by atoms with Gasteiger partial charge >= 0.3 is 6.09 Å². The van der Waals surface area contributed by atoms with Crippen LogP contribution in [0.25, 0.3) is 0 Å². The molecule has 0 aromatic heterocycles. The molecule has 7 nitrogen and oxygen atoms in total. The fourth-order valence-electron chi connectivity index (χ4n) is 4.03. The number of hydrogen-bond acceptors (Lipinski definition) is 6. The molecule has 1 aromatic rings. The Labute approximate surface area is 173 Å². The molecular formula is C22H33N3O4. The highest BCUT2D eigenvalue weighted by Crippen LogP contribution is 2.17. The van der Waals surface area contributed by atoms with Crippen molar-refractivity contribution in [3.05, 3.63) is 29.8 Å². The first-order valence-corrected chi connectivity index (χ1v) is 10.6. The molecular weight excluding hydrogens is 370 g/mol. The molecule has 29 heavy (non-hydrogen) atoms. The van der Waals surface area contributed by atoms with Gasteiger partial charge in [-0.1, -0.05) is 0 Å². The fraction of sp³-hybridized carbons (Fsp3) is 0.636. The molecule has 0 aliphatic carbocycles. The first-order valence-electron chi connectivity index (χ1n) is 10.6. The quantitative estimate of drug-likeness (QED) is 0.491. The number of nitrogens with zero attached hydrogens (tertiary/aromatic N) is 3. The molecule has 3 rings (SSSR count). The van der Waals surface area contributed by atoms with Crippen LogP contribution in [0.3, 0.4) is 0 Å². The number of carbonyl (C=O) groups excluding carboxylic acids is 2. The van der Waals surface area contributed by atoms with Crippen molar-refractivity contribution in [2.45, 2.75) is 32.2 Å². The van der Waals surface area contributed by atoms with Crippen molar-refractivity contribution in [1.29, 1.82) is 0 Å². The van der Waals surface area contributed by atoms with E-state index in [0.29, 0.717) is 50.9 Å². The van der Waals surface area contributed by atoms with E-state index in [2.05, 4.69) is 16.7 Å². The molecule has 2 fully saturated rings. The first kappa shape index (κ1) is 21.6. The third-order valence-corrected chi connectivity index (χ3v) is 5.90. The van der Waals surface area contributed by atoms with Crippen molar-refractivity contribution < 1.29 is 19.1 Å². The number of likely N-dealkylation sites (tertiary alicyclic amines) is 1. The van der Waals surface area contributed by atoms with Gasteiger partial charge in [0.05, 0.1) is 20.3 Å². The standard InChI is InChI=1S/C22H33N3O4/c1-18-5-3-10-24(18)11-4-16-29-20-8-6-19(7-9-20)21(26)17-23-12-14-25(15-13-23)22(27)28-2/h6-9,18H,3-5,10-17H2,1-2H3. The third-order valence-electron chi connectivity index (χ3n) is 5.90. The number of carbonyl (C=O) groups is 2. The third kappa shape index (κ3) is 6.18. The zero-order valence-electron chi connectivity index (χ0n) is 17.6. The van der Waals surface area contributed by atoms with Gasteiger partial charge in [-0.2, -0.15) is 0 Å². The summed E-state index contributed by atoms with van der Waals surface area (Å²) in [5, 5.41) is 0. The Morgan fingerprint density at radius 1 is 1.07 bits per heavy atom. The van der Waals surface area contributed by atoms with Gasteiger partial charge in [-0.15, -0.1) is 0 Å². The van der Waals surface area contributed by atoms with Gasteiger partial charge in [-0.05, 0) is 57.0 Å². The minimum absolute atomic E-state index is 0.0890. The molecule has 0 radical (unpaired) electrons. The summed E-state index contributed by atoms with van der Waals surface area (Å²) in [6.45, 7) is 8.17. The molecule has 2 heterocycles. The number of piperazine rings is 1. The Balaban J connectivity index is 1.37. The lowest BCUT2D eigenvalue weighted by atomic mass is 10.1. The molecule has 7 heteroatoms. The Hall–Kier alpha value is -2.12. The molecule has 160 valence electrons. The van der Waals surface area contributed by atoms with Crippen LogP contribution in [0.1, 0.15) is 36.5 Å². The van der Waals surface area contributed by atoms with E-state index >= 15 is 0 Å². The predicted octanol–water partition coefficient (Wildman–Crippen LogP) is 2.51. The molecule has 1 aromatic carbocycles. The normalized spacial score (nSPS) is 20.6. The van der Waals surface area contributed by atoms with E-state index in [1.807, 2.05) is 24.3 Å². The first-order chi connectivity index (χ1) is 14.1. The largest absolute Gasteiger partial charge is 0.494 e. The predicted molar refractivity (Wildman–Crippen MR) is 112 cm³/mol. The van der Waals surface area contributed by atoms with Crippen LogP contribution in [0.5, 0.6) is 5.75 Å². The van der Waals surface area contributed by atoms with Crippen LogP contribution in [0.2, 0.25) is 0 Å². The van der Waals surface area contributed by atoms with Crippen LogP contribution in [0.4, 0.5) is 4.79 Å². The topological polar surface area (TPSA) is 62.3 Å². The van der Waals surface area contributed by atoms with Crippen LogP contribution >= 0.6 is 0 Å². The van der Waals surface area contributed by atoms with E-state index in [-0.39, 0.29) is 11.9 Å². The van der Waals surface area contributed by atoms with Gasteiger partial charge in [0.15, 0.2) is 5.78 Å². The van der Waals surface area contributed by atoms with Gasteiger partial charge in [0.2, 0.25) is 0 Å². The summed E-state index contributed by atoms with van der Waals surface area (Å²) in [6, 6.07) is 8.13. The van der Waals surface area contributed by atoms with Gasteiger partial charge in [0, 0.05) is 44.3 Å². The Bertz CT molecular complexity index is 671. The molecule has 2 aliphatic heterocycles. The molecule has 0 bridgehead atoms. The van der Waals surface area contributed by atoms with Crippen molar-refractivity contribution in [2.75, 3.05) is 59.5 Å². The van der Waals surface area contributed by atoms with Gasteiger partial charge < -0.3 is 19.3 Å². The molecule has 1 unspecified atom stereocenters. The number of rotatable bonds is 8. The molecule has 1 atom stereocenters. The lowest BCUT2D eigenvalue weighted by molar-refractivity contribution is 0.0790. The van der Waals surface area contributed by atoms with E-state index < -0.39 is 0 Å². The average Bonchev–Trinajstić information content (AvgIpc) is 3.16. The number of methoxy groups -OCH3 is 1. The summed E-state index contributed by atoms with van der Waals surface area (Å²) in [6.07, 6.45) is 3.32. The van der Waals surface area contributed by atoms with E-state index in [1.165, 1.54) is 26.5 Å². The highest BCUT2D eigenvalue weighted by atomic mass is 16.5. The summed E-state index contributed by atoms with van der Waals surface area (Å²) in [4.78, 5) is 30.3. The maximum atomic E-state index is 12.5. The fourth-order valence-corrected chi connectivity index (χ4v) is 4.03. The molecule has 0 spiro atoms. The van der Waals surface area contributed by atoms with Gasteiger partial charge in [0.1, 0.15) is 5.75 Å². The van der Waals surface area contributed by atoms with E-state index in [0.717, 1.165) is 18.7 Å². The summed E-state index contributed by atoms with van der Waals surface area (Å²) in [5.74, 6) is 0.897. The molecule has 2 saturated heterocycles. The molecule has 0 saturated carbocycles. The van der Waals surface area contributed by atoms with Gasteiger partial charge in [0.25, 0.3) is 0 Å². The molecule has 2 aliphatic rings. The number of ether oxygens (including phenoxy) is 2. The minimum atomic E-state index is -0.304. The number of ketones is 1. The smallest absolute Gasteiger partial charge is 0.409 e. The second kappa shape index (κ2) is 10.6. The molecule has 0 N–H and O–H groups in total. The lowest BCUT2D eigenvalue weighted by Crippen LogP contribution is -2.49. The Morgan fingerprint density at radius 3 is 2.41 bits per heavy atom. The SMILES string of the molecule is COC(=O)N1CCN(CC(=O)c2ccc(OCCCN3CCCC3C)cc2)CC1. The van der Waals surface area contributed by atoms with E-state index in [9.17, 15) is 9.59 Å². The zero-order valence-corrected chi connectivity index (χ0v) is 17.6. The number of amides is 1. The van der Waals surface area contributed by atoms with Crippen LogP contribution in [0, 0.1) is 0 Å². The lowest BCUT2D eigenvalue weighted by Gasteiger charge is -2.33. The minimum Gasteiger partial charge on any atom is -0.494 e. The highest BCUT2D eigenvalue weighted by molar-refractivity contribution is 5.97. The average molecular weight is 404 g/mol. The summed E-state index contributed by atoms with van der Waals surface area (Å²) in [5.41, 5.74) is 0.693. The van der Waals surface area contributed by atoms with Crippen molar-refractivity contribution in [1.82, 2.24) is 14.7 Å². The van der Waals surface area contributed by atoms with Gasteiger partial charge in [-0.3, -0.25) is 9.69 Å². The van der Waals surface area contributed by atoms with Gasteiger partial charge in [-0.25, -0.2) is 4.79 Å². The van der Waals surface area contributed by atoms with Crippen LogP contribution in [-0.4, -0.2) is 92.1 Å². The maximum Gasteiger partial charge on any atom is 0.409 e. The van der Waals surface area contributed by atoms with Crippen molar-refractivity contribution in [2.24, 2.45) is 0 Å². The summed E-state index contributed by atoms with van der Waals surface area (Å²) >= 11 is 0. The van der Waals surface area contributed by atoms with E-state index in [4.69, 9.17) is 9.47 Å². The van der Waals surface area contributed by atoms with Crippen molar-refractivity contribution in [3.8, 4) is 5.75 Å². The highest BCUT2D eigenvalue weighted by Gasteiger charge is 2.23. The van der Waals surface area contributed by atoms with Crippen molar-refractivity contribution >= 4 is 11.9 Å².